The van der Waals surface area contributed by atoms with E-state index >= 15 is 0 Å². The van der Waals surface area contributed by atoms with Crippen LogP contribution in [0.15, 0.2) is 60.7 Å². The SMILES string of the molecule is CC[C@@H](C(=O)c1ccccc1)[C@@H](CC)C(=O)c1ccccc1. The molecule has 0 spiro atoms. The average molecular weight is 294 g/mol. The molecule has 0 amide bonds. The smallest absolute Gasteiger partial charge is 0.166 e. The minimum absolute atomic E-state index is 0.0687. The second-order valence-corrected chi connectivity index (χ2v) is 5.49. The van der Waals surface area contributed by atoms with Gasteiger partial charge in [0.25, 0.3) is 0 Å². The molecule has 0 heterocycles. The maximum Gasteiger partial charge on any atom is 0.166 e. The van der Waals surface area contributed by atoms with Gasteiger partial charge in [-0.3, -0.25) is 9.59 Å². The van der Waals surface area contributed by atoms with Crippen molar-refractivity contribution in [3.63, 3.8) is 0 Å². The predicted octanol–water partition coefficient (Wildman–Crippen LogP) is 4.80. The maximum absolute atomic E-state index is 12.8. The highest BCUT2D eigenvalue weighted by Gasteiger charge is 2.31. The molecule has 0 aromatic heterocycles. The number of benzene rings is 2. The van der Waals surface area contributed by atoms with Crippen molar-refractivity contribution in [1.29, 1.82) is 0 Å². The van der Waals surface area contributed by atoms with Crippen molar-refractivity contribution in [1.82, 2.24) is 0 Å². The number of Topliss-reactive ketones (excluding diaryl/α,β-unsaturated/α-hetero) is 2. The standard InChI is InChI=1S/C20H22O2/c1-3-17(19(21)15-11-7-5-8-12-15)18(4-2)20(22)16-13-9-6-10-14-16/h5-14,17-18H,3-4H2,1-2H3/t17-,18-/m1/s1. The van der Waals surface area contributed by atoms with Gasteiger partial charge in [0.15, 0.2) is 11.6 Å². The Labute approximate surface area is 132 Å². The summed E-state index contributed by atoms with van der Waals surface area (Å²) in [5.41, 5.74) is 1.38. The van der Waals surface area contributed by atoms with Crippen LogP contribution >= 0.6 is 0 Å². The van der Waals surface area contributed by atoms with Crippen molar-refractivity contribution in [2.24, 2.45) is 11.8 Å². The van der Waals surface area contributed by atoms with Crippen molar-refractivity contribution in [3.8, 4) is 0 Å². The average Bonchev–Trinajstić information content (AvgIpc) is 2.60. The van der Waals surface area contributed by atoms with E-state index in [1.807, 2.05) is 74.5 Å². The minimum Gasteiger partial charge on any atom is -0.294 e. The summed E-state index contributed by atoms with van der Waals surface area (Å²) >= 11 is 0. The third-order valence-electron chi connectivity index (χ3n) is 4.16. The molecule has 2 aromatic rings. The molecular weight excluding hydrogens is 272 g/mol. The van der Waals surface area contributed by atoms with Crippen LogP contribution in [0.4, 0.5) is 0 Å². The summed E-state index contributed by atoms with van der Waals surface area (Å²) in [6, 6.07) is 18.5. The highest BCUT2D eigenvalue weighted by atomic mass is 16.1. The molecule has 114 valence electrons. The molecule has 0 unspecified atom stereocenters. The monoisotopic (exact) mass is 294 g/mol. The minimum atomic E-state index is -0.264. The number of hydrogen-bond acceptors (Lipinski definition) is 2. The summed E-state index contributed by atoms with van der Waals surface area (Å²) in [6.07, 6.45) is 1.34. The van der Waals surface area contributed by atoms with E-state index < -0.39 is 0 Å². The molecule has 2 heteroatoms. The van der Waals surface area contributed by atoms with Crippen molar-refractivity contribution in [2.75, 3.05) is 0 Å². The molecule has 2 atom stereocenters. The van der Waals surface area contributed by atoms with E-state index in [9.17, 15) is 9.59 Å². The normalized spacial score (nSPS) is 13.4. The van der Waals surface area contributed by atoms with E-state index in [1.54, 1.807) is 0 Å². The van der Waals surface area contributed by atoms with Crippen LogP contribution in [0.3, 0.4) is 0 Å². The zero-order valence-corrected chi connectivity index (χ0v) is 13.2. The Morgan fingerprint density at radius 2 is 1.00 bits per heavy atom. The zero-order valence-electron chi connectivity index (χ0n) is 13.2. The molecule has 2 nitrogen and oxygen atoms in total. The van der Waals surface area contributed by atoms with Crippen LogP contribution in [0.1, 0.15) is 47.4 Å². The van der Waals surface area contributed by atoms with Crippen molar-refractivity contribution >= 4 is 11.6 Å². The van der Waals surface area contributed by atoms with Crippen LogP contribution in [0.25, 0.3) is 0 Å². The van der Waals surface area contributed by atoms with Crippen molar-refractivity contribution in [2.45, 2.75) is 26.7 Å². The summed E-state index contributed by atoms with van der Waals surface area (Å²) in [5.74, 6) is -0.390. The number of carbonyl (C=O) groups is 2. The molecule has 2 rings (SSSR count). The van der Waals surface area contributed by atoms with Crippen LogP contribution in [-0.4, -0.2) is 11.6 Å². The molecule has 0 radical (unpaired) electrons. The molecule has 0 bridgehead atoms. The van der Waals surface area contributed by atoms with E-state index in [-0.39, 0.29) is 23.4 Å². The topological polar surface area (TPSA) is 34.1 Å². The largest absolute Gasteiger partial charge is 0.294 e. The lowest BCUT2D eigenvalue weighted by Crippen LogP contribution is -2.29. The first-order valence-corrected chi connectivity index (χ1v) is 7.87. The van der Waals surface area contributed by atoms with E-state index in [0.29, 0.717) is 24.0 Å². The fourth-order valence-corrected chi connectivity index (χ4v) is 2.94. The first kappa shape index (κ1) is 16.2. The fraction of sp³-hybridized carbons (Fsp3) is 0.300. The van der Waals surface area contributed by atoms with Gasteiger partial charge < -0.3 is 0 Å². The summed E-state index contributed by atoms with van der Waals surface area (Å²) in [5, 5.41) is 0. The lowest BCUT2D eigenvalue weighted by atomic mass is 9.78. The molecular formula is C20H22O2. The Hall–Kier alpha value is -2.22. The van der Waals surface area contributed by atoms with Gasteiger partial charge in [-0.15, -0.1) is 0 Å². The maximum atomic E-state index is 12.8. The Bertz CT molecular complexity index is 559. The number of carbonyl (C=O) groups excluding carboxylic acids is 2. The Kier molecular flexibility index (Phi) is 5.65. The Morgan fingerprint density at radius 3 is 1.27 bits per heavy atom. The van der Waals surface area contributed by atoms with Gasteiger partial charge in [0, 0.05) is 23.0 Å². The molecule has 0 aliphatic carbocycles. The van der Waals surface area contributed by atoms with Gasteiger partial charge in [-0.05, 0) is 12.8 Å². The van der Waals surface area contributed by atoms with Gasteiger partial charge in [0.1, 0.15) is 0 Å². The summed E-state index contributed by atoms with van der Waals surface area (Å²) < 4.78 is 0. The van der Waals surface area contributed by atoms with Gasteiger partial charge in [-0.2, -0.15) is 0 Å². The second-order valence-electron chi connectivity index (χ2n) is 5.49. The van der Waals surface area contributed by atoms with Crippen LogP contribution in [0.2, 0.25) is 0 Å². The summed E-state index contributed by atoms with van der Waals surface area (Å²) in [4.78, 5) is 25.5. The first-order valence-electron chi connectivity index (χ1n) is 7.87. The van der Waals surface area contributed by atoms with Crippen LogP contribution in [0, 0.1) is 11.8 Å². The molecule has 0 saturated carbocycles. The van der Waals surface area contributed by atoms with Crippen LogP contribution < -0.4 is 0 Å². The number of ketones is 2. The molecule has 0 saturated heterocycles. The van der Waals surface area contributed by atoms with Crippen molar-refractivity contribution in [3.05, 3.63) is 71.8 Å². The Balaban J connectivity index is 2.27. The highest BCUT2D eigenvalue weighted by molar-refractivity contribution is 6.04. The Morgan fingerprint density at radius 1 is 0.682 bits per heavy atom. The molecule has 0 aliphatic heterocycles. The number of hydrogen-bond donors (Lipinski definition) is 0. The lowest BCUT2D eigenvalue weighted by Gasteiger charge is -2.23. The highest BCUT2D eigenvalue weighted by Crippen LogP contribution is 2.27. The second kappa shape index (κ2) is 7.69. The van der Waals surface area contributed by atoms with Crippen LogP contribution in [0.5, 0.6) is 0 Å². The van der Waals surface area contributed by atoms with E-state index in [2.05, 4.69) is 0 Å². The summed E-state index contributed by atoms with van der Waals surface area (Å²) in [7, 11) is 0. The van der Waals surface area contributed by atoms with E-state index in [1.165, 1.54) is 0 Å². The summed E-state index contributed by atoms with van der Waals surface area (Å²) in [6.45, 7) is 3.96. The lowest BCUT2D eigenvalue weighted by molar-refractivity contribution is 0.0756. The van der Waals surface area contributed by atoms with Gasteiger partial charge in [0.2, 0.25) is 0 Å². The van der Waals surface area contributed by atoms with Crippen LogP contribution in [-0.2, 0) is 0 Å². The first-order chi connectivity index (χ1) is 10.7. The van der Waals surface area contributed by atoms with E-state index in [0.717, 1.165) is 0 Å². The number of rotatable bonds is 7. The van der Waals surface area contributed by atoms with Gasteiger partial charge >= 0.3 is 0 Å². The van der Waals surface area contributed by atoms with Crippen molar-refractivity contribution < 1.29 is 9.59 Å². The van der Waals surface area contributed by atoms with Gasteiger partial charge in [-0.25, -0.2) is 0 Å². The quantitative estimate of drug-likeness (QED) is 0.687. The third kappa shape index (κ3) is 3.51. The fourth-order valence-electron chi connectivity index (χ4n) is 2.94. The molecule has 0 fully saturated rings. The molecule has 0 aliphatic rings. The molecule has 2 aromatic carbocycles. The molecule has 22 heavy (non-hydrogen) atoms. The predicted molar refractivity (Wildman–Crippen MR) is 89.1 cm³/mol. The third-order valence-corrected chi connectivity index (χ3v) is 4.16. The van der Waals surface area contributed by atoms with Gasteiger partial charge in [0.05, 0.1) is 0 Å². The van der Waals surface area contributed by atoms with Gasteiger partial charge in [-0.1, -0.05) is 74.5 Å². The molecule has 0 N–H and O–H groups in total. The van der Waals surface area contributed by atoms with E-state index in [4.69, 9.17) is 0 Å². The zero-order chi connectivity index (χ0) is 15.9.